The molecule has 1 aromatic heterocycles. The number of anilines is 1. The first-order valence-corrected chi connectivity index (χ1v) is 10.5. The molecule has 3 aromatic rings. The Morgan fingerprint density at radius 1 is 1.14 bits per heavy atom. The lowest BCUT2D eigenvalue weighted by atomic mass is 10.2. The topological polar surface area (TPSA) is 90.4 Å². The molecule has 9 heteroatoms. The number of halogens is 1. The van der Waals surface area contributed by atoms with Crippen molar-refractivity contribution in [3.63, 3.8) is 0 Å². The number of ether oxygens (including phenoxy) is 2. The Bertz CT molecular complexity index is 1080. The molecule has 0 fully saturated rings. The second kappa shape index (κ2) is 8.57. The van der Waals surface area contributed by atoms with E-state index in [4.69, 9.17) is 9.47 Å². The van der Waals surface area contributed by atoms with Crippen molar-refractivity contribution >= 4 is 31.8 Å². The average Bonchev–Trinajstić information content (AvgIpc) is 2.68. The predicted octanol–water partition coefficient (Wildman–Crippen LogP) is 3.94. The van der Waals surface area contributed by atoms with E-state index < -0.39 is 10.0 Å². The lowest BCUT2D eigenvalue weighted by Crippen LogP contribution is -2.16. The van der Waals surface area contributed by atoms with Gasteiger partial charge in [-0.25, -0.2) is 18.4 Å². The molecular formula is C19H18BrN3O4S. The van der Waals surface area contributed by atoms with E-state index in [2.05, 4.69) is 30.6 Å². The number of benzene rings is 2. The molecule has 0 radical (unpaired) electrons. The molecule has 1 heterocycles. The summed E-state index contributed by atoms with van der Waals surface area (Å²) in [4.78, 5) is 8.30. The van der Waals surface area contributed by atoms with Crippen LogP contribution in [0.25, 0.3) is 0 Å². The van der Waals surface area contributed by atoms with Gasteiger partial charge >= 0.3 is 0 Å². The number of nitrogens with one attached hydrogen (secondary N) is 1. The monoisotopic (exact) mass is 463 g/mol. The van der Waals surface area contributed by atoms with E-state index in [1.165, 1.54) is 19.4 Å². The number of aryl methyl sites for hydroxylation is 1. The van der Waals surface area contributed by atoms with Gasteiger partial charge in [0.1, 0.15) is 21.9 Å². The van der Waals surface area contributed by atoms with Crippen LogP contribution in [-0.2, 0) is 16.6 Å². The molecule has 0 unspecified atom stereocenters. The Labute approximate surface area is 171 Å². The van der Waals surface area contributed by atoms with Crippen LogP contribution in [0.15, 0.2) is 64.2 Å². The highest BCUT2D eigenvalue weighted by Gasteiger charge is 2.23. The highest BCUT2D eigenvalue weighted by atomic mass is 79.9. The van der Waals surface area contributed by atoms with Crippen LogP contribution in [-0.4, -0.2) is 25.5 Å². The fraction of sp³-hybridized carbons (Fsp3) is 0.158. The Hall–Kier alpha value is -2.65. The van der Waals surface area contributed by atoms with Crippen molar-refractivity contribution in [2.75, 3.05) is 11.8 Å². The highest BCUT2D eigenvalue weighted by Crippen LogP contribution is 2.29. The molecule has 0 spiro atoms. The standard InChI is InChI=1S/C19H18BrN3O4S/c1-13-8-9-16(15(10-13)26-2)28(24,25)23-18-19(22-17(20)11-21-18)27-12-14-6-4-3-5-7-14/h3-11H,12H2,1-2H3,(H,21,23). The minimum atomic E-state index is -3.96. The van der Waals surface area contributed by atoms with Crippen LogP contribution in [0.5, 0.6) is 11.6 Å². The summed E-state index contributed by atoms with van der Waals surface area (Å²) in [5.74, 6) is 0.291. The van der Waals surface area contributed by atoms with Crippen LogP contribution in [0, 0.1) is 6.92 Å². The van der Waals surface area contributed by atoms with Gasteiger partial charge in [-0.3, -0.25) is 4.72 Å². The fourth-order valence-corrected chi connectivity index (χ4v) is 3.85. The number of sulfonamides is 1. The largest absolute Gasteiger partial charge is 0.495 e. The van der Waals surface area contributed by atoms with Crippen LogP contribution in [0.3, 0.4) is 0 Å². The molecule has 2 aromatic carbocycles. The van der Waals surface area contributed by atoms with Crippen molar-refractivity contribution in [3.05, 3.63) is 70.5 Å². The Morgan fingerprint density at radius 2 is 1.89 bits per heavy atom. The van der Waals surface area contributed by atoms with E-state index >= 15 is 0 Å². The molecule has 146 valence electrons. The number of rotatable bonds is 7. The smallest absolute Gasteiger partial charge is 0.266 e. The zero-order chi connectivity index (χ0) is 20.1. The normalized spacial score (nSPS) is 11.1. The second-order valence-corrected chi connectivity index (χ2v) is 8.34. The van der Waals surface area contributed by atoms with Gasteiger partial charge in [-0.1, -0.05) is 36.4 Å². The molecule has 0 amide bonds. The van der Waals surface area contributed by atoms with E-state index in [1.54, 1.807) is 12.1 Å². The summed E-state index contributed by atoms with van der Waals surface area (Å²) < 4.78 is 39.5. The minimum absolute atomic E-state index is 0.000622. The van der Waals surface area contributed by atoms with Gasteiger partial charge in [-0.2, -0.15) is 0 Å². The highest BCUT2D eigenvalue weighted by molar-refractivity contribution is 9.10. The van der Waals surface area contributed by atoms with Gasteiger partial charge in [-0.05, 0) is 46.1 Å². The van der Waals surface area contributed by atoms with Gasteiger partial charge in [0.25, 0.3) is 15.9 Å². The van der Waals surface area contributed by atoms with Gasteiger partial charge in [-0.15, -0.1) is 0 Å². The number of methoxy groups -OCH3 is 1. The van der Waals surface area contributed by atoms with E-state index in [9.17, 15) is 8.42 Å². The molecule has 3 rings (SSSR count). The first-order chi connectivity index (χ1) is 13.4. The molecule has 0 aliphatic heterocycles. The van der Waals surface area contributed by atoms with Crippen LogP contribution >= 0.6 is 15.9 Å². The van der Waals surface area contributed by atoms with Gasteiger partial charge < -0.3 is 9.47 Å². The average molecular weight is 464 g/mol. The summed E-state index contributed by atoms with van der Waals surface area (Å²) in [6, 6.07) is 14.3. The number of hydrogen-bond donors (Lipinski definition) is 1. The molecule has 1 N–H and O–H groups in total. The van der Waals surface area contributed by atoms with Gasteiger partial charge in [0.15, 0.2) is 0 Å². The maximum absolute atomic E-state index is 12.9. The van der Waals surface area contributed by atoms with Crippen LogP contribution < -0.4 is 14.2 Å². The molecule has 7 nitrogen and oxygen atoms in total. The molecule has 28 heavy (non-hydrogen) atoms. The third-order valence-corrected chi connectivity index (χ3v) is 5.53. The fourth-order valence-electron chi connectivity index (χ4n) is 2.43. The lowest BCUT2D eigenvalue weighted by molar-refractivity contribution is 0.294. The first kappa shape index (κ1) is 20.1. The first-order valence-electron chi connectivity index (χ1n) is 8.26. The second-order valence-electron chi connectivity index (χ2n) is 5.88. The quantitative estimate of drug-likeness (QED) is 0.570. The SMILES string of the molecule is COc1cc(C)ccc1S(=O)(=O)Nc1ncc(Br)nc1OCc1ccccc1. The third-order valence-electron chi connectivity index (χ3n) is 3.77. The van der Waals surface area contributed by atoms with Gasteiger partial charge in [0, 0.05) is 0 Å². The van der Waals surface area contributed by atoms with Crippen LogP contribution in [0.4, 0.5) is 5.82 Å². The zero-order valence-corrected chi connectivity index (χ0v) is 17.6. The van der Waals surface area contributed by atoms with Gasteiger partial charge in [0.05, 0.1) is 13.3 Å². The summed E-state index contributed by atoms with van der Waals surface area (Å²) in [6.07, 6.45) is 1.39. The Morgan fingerprint density at radius 3 is 2.61 bits per heavy atom. The lowest BCUT2D eigenvalue weighted by Gasteiger charge is -2.14. The van der Waals surface area contributed by atoms with E-state index in [0.29, 0.717) is 4.60 Å². The Balaban J connectivity index is 1.89. The van der Waals surface area contributed by atoms with Gasteiger partial charge in [0.2, 0.25) is 5.82 Å². The molecular weight excluding hydrogens is 446 g/mol. The van der Waals surface area contributed by atoms with E-state index in [-0.39, 0.29) is 28.9 Å². The molecule has 0 aliphatic carbocycles. The number of nitrogens with zero attached hydrogens (tertiary/aromatic N) is 2. The molecule has 0 saturated heterocycles. The maximum Gasteiger partial charge on any atom is 0.266 e. The van der Waals surface area contributed by atoms with Crippen LogP contribution in [0.1, 0.15) is 11.1 Å². The zero-order valence-electron chi connectivity index (χ0n) is 15.2. The third kappa shape index (κ3) is 4.79. The molecule has 0 atom stereocenters. The van der Waals surface area contributed by atoms with Crippen molar-refractivity contribution in [3.8, 4) is 11.6 Å². The van der Waals surface area contributed by atoms with Crippen LogP contribution in [0.2, 0.25) is 0 Å². The van der Waals surface area contributed by atoms with Crippen molar-refractivity contribution in [1.29, 1.82) is 0 Å². The van der Waals surface area contributed by atoms with Crippen molar-refractivity contribution in [2.45, 2.75) is 18.4 Å². The molecule has 0 saturated carbocycles. The van der Waals surface area contributed by atoms with Crippen molar-refractivity contribution in [2.24, 2.45) is 0 Å². The number of aromatic nitrogens is 2. The summed E-state index contributed by atoms with van der Waals surface area (Å²) in [7, 11) is -2.55. The number of hydrogen-bond acceptors (Lipinski definition) is 6. The minimum Gasteiger partial charge on any atom is -0.495 e. The van der Waals surface area contributed by atoms with Crippen molar-refractivity contribution < 1.29 is 17.9 Å². The summed E-state index contributed by atoms with van der Waals surface area (Å²) in [6.45, 7) is 2.07. The van der Waals surface area contributed by atoms with E-state index in [0.717, 1.165) is 11.1 Å². The summed E-state index contributed by atoms with van der Waals surface area (Å²) in [5.41, 5.74) is 1.80. The summed E-state index contributed by atoms with van der Waals surface area (Å²) in [5, 5.41) is 0. The molecule has 0 bridgehead atoms. The maximum atomic E-state index is 12.9. The Kier molecular flexibility index (Phi) is 6.15. The van der Waals surface area contributed by atoms with Crippen molar-refractivity contribution in [1.82, 2.24) is 9.97 Å². The predicted molar refractivity (Wildman–Crippen MR) is 109 cm³/mol. The summed E-state index contributed by atoms with van der Waals surface area (Å²) >= 11 is 3.23. The van der Waals surface area contributed by atoms with E-state index in [1.807, 2.05) is 37.3 Å². The molecule has 0 aliphatic rings.